The molecular formula is C22H22N4O2S. The SMILES string of the molecule is Cc1cc([C@@H]2[C@@H](c3ccccn3)NC(=S)N2C)c(C)n1-c1ccc(C(=O)O)cc1. The molecule has 0 unspecified atom stereocenters. The number of thiocarbonyl (C=S) groups is 1. The maximum Gasteiger partial charge on any atom is 0.335 e. The third-order valence-electron chi connectivity index (χ3n) is 5.50. The molecule has 148 valence electrons. The van der Waals surface area contributed by atoms with Crippen molar-refractivity contribution in [2.75, 3.05) is 7.05 Å². The highest BCUT2D eigenvalue weighted by molar-refractivity contribution is 7.80. The largest absolute Gasteiger partial charge is 0.478 e. The van der Waals surface area contributed by atoms with E-state index in [0.29, 0.717) is 5.11 Å². The molecule has 1 aliphatic rings. The molecule has 3 heterocycles. The zero-order valence-electron chi connectivity index (χ0n) is 16.5. The predicted molar refractivity (Wildman–Crippen MR) is 115 cm³/mol. The summed E-state index contributed by atoms with van der Waals surface area (Å²) in [6.45, 7) is 4.14. The van der Waals surface area contributed by atoms with Gasteiger partial charge in [0.1, 0.15) is 0 Å². The van der Waals surface area contributed by atoms with E-state index in [1.165, 1.54) is 0 Å². The number of aryl methyl sites for hydroxylation is 1. The van der Waals surface area contributed by atoms with Crippen LogP contribution in [-0.4, -0.2) is 37.7 Å². The fourth-order valence-electron chi connectivity index (χ4n) is 4.08. The van der Waals surface area contributed by atoms with Crippen molar-refractivity contribution in [2.24, 2.45) is 0 Å². The molecule has 0 radical (unpaired) electrons. The summed E-state index contributed by atoms with van der Waals surface area (Å²) < 4.78 is 2.14. The van der Waals surface area contributed by atoms with E-state index in [9.17, 15) is 4.79 Å². The zero-order valence-corrected chi connectivity index (χ0v) is 17.3. The molecule has 2 atom stereocenters. The highest BCUT2D eigenvalue weighted by Crippen LogP contribution is 2.40. The number of pyridine rings is 1. The second-order valence-electron chi connectivity index (χ2n) is 7.25. The summed E-state index contributed by atoms with van der Waals surface area (Å²) in [7, 11) is 2.00. The van der Waals surface area contributed by atoms with Gasteiger partial charge in [0.2, 0.25) is 0 Å². The first-order chi connectivity index (χ1) is 13.9. The maximum atomic E-state index is 11.2. The number of hydrogen-bond donors (Lipinski definition) is 2. The van der Waals surface area contributed by atoms with E-state index in [4.69, 9.17) is 17.3 Å². The standard InChI is InChI=1S/C22H22N4O2S/c1-13-12-17(14(2)26(13)16-9-7-15(8-10-16)21(27)28)20-19(24-22(29)25(20)3)18-6-4-5-11-23-18/h4-12,19-20H,1-3H3,(H,24,29)(H,27,28)/t19-,20-/m1/s1. The molecule has 4 rings (SSSR count). The van der Waals surface area contributed by atoms with Crippen LogP contribution in [0, 0.1) is 13.8 Å². The minimum Gasteiger partial charge on any atom is -0.478 e. The van der Waals surface area contributed by atoms with Gasteiger partial charge in [-0.1, -0.05) is 6.07 Å². The maximum absolute atomic E-state index is 11.2. The van der Waals surface area contributed by atoms with Gasteiger partial charge in [-0.15, -0.1) is 0 Å². The van der Waals surface area contributed by atoms with Gasteiger partial charge in [-0.05, 0) is 74.1 Å². The molecule has 1 aromatic carbocycles. The van der Waals surface area contributed by atoms with Crippen LogP contribution in [0.15, 0.2) is 54.7 Å². The van der Waals surface area contributed by atoms with Crippen LogP contribution in [0.5, 0.6) is 0 Å². The summed E-state index contributed by atoms with van der Waals surface area (Å²) in [5.41, 5.74) is 5.48. The van der Waals surface area contributed by atoms with Crippen molar-refractivity contribution in [3.63, 3.8) is 0 Å². The molecule has 2 N–H and O–H groups in total. The van der Waals surface area contributed by atoms with Gasteiger partial charge < -0.3 is 19.9 Å². The van der Waals surface area contributed by atoms with Crippen LogP contribution in [0.4, 0.5) is 0 Å². The van der Waals surface area contributed by atoms with Gasteiger partial charge in [0.15, 0.2) is 5.11 Å². The Bertz CT molecular complexity index is 1080. The molecule has 29 heavy (non-hydrogen) atoms. The quantitative estimate of drug-likeness (QED) is 0.643. The Kier molecular flexibility index (Phi) is 4.84. The smallest absolute Gasteiger partial charge is 0.335 e. The average Bonchev–Trinajstić information content (AvgIpc) is 3.17. The number of hydrogen-bond acceptors (Lipinski definition) is 3. The van der Waals surface area contributed by atoms with E-state index in [-0.39, 0.29) is 17.6 Å². The molecule has 7 heteroatoms. The van der Waals surface area contributed by atoms with Crippen molar-refractivity contribution >= 4 is 23.3 Å². The van der Waals surface area contributed by atoms with E-state index in [2.05, 4.69) is 39.7 Å². The molecule has 1 aliphatic heterocycles. The van der Waals surface area contributed by atoms with Gasteiger partial charge in [-0.3, -0.25) is 4.98 Å². The van der Waals surface area contributed by atoms with Gasteiger partial charge in [0, 0.05) is 30.3 Å². The molecule has 2 aromatic heterocycles. The van der Waals surface area contributed by atoms with E-state index in [0.717, 1.165) is 28.3 Å². The number of nitrogens with zero attached hydrogens (tertiary/aromatic N) is 3. The van der Waals surface area contributed by atoms with Crippen LogP contribution in [0.2, 0.25) is 0 Å². The average molecular weight is 407 g/mol. The first kappa shape index (κ1) is 19.1. The van der Waals surface area contributed by atoms with Crippen molar-refractivity contribution in [3.8, 4) is 5.69 Å². The minimum atomic E-state index is -0.927. The minimum absolute atomic E-state index is 0.00985. The fraction of sp³-hybridized carbons (Fsp3) is 0.227. The molecule has 0 spiro atoms. The molecule has 0 saturated carbocycles. The first-order valence-corrected chi connectivity index (χ1v) is 9.76. The number of rotatable bonds is 4. The van der Waals surface area contributed by atoms with E-state index in [1.54, 1.807) is 18.3 Å². The van der Waals surface area contributed by atoms with E-state index in [1.807, 2.05) is 37.4 Å². The van der Waals surface area contributed by atoms with Crippen LogP contribution >= 0.6 is 12.2 Å². The van der Waals surface area contributed by atoms with Crippen molar-refractivity contribution in [2.45, 2.75) is 25.9 Å². The molecule has 3 aromatic rings. The Morgan fingerprint density at radius 3 is 2.52 bits per heavy atom. The third kappa shape index (κ3) is 3.27. The van der Waals surface area contributed by atoms with Crippen LogP contribution < -0.4 is 5.32 Å². The van der Waals surface area contributed by atoms with Gasteiger partial charge >= 0.3 is 5.97 Å². The van der Waals surface area contributed by atoms with Crippen molar-refractivity contribution in [1.82, 2.24) is 19.8 Å². The fourth-order valence-corrected chi connectivity index (χ4v) is 4.33. The van der Waals surface area contributed by atoms with Gasteiger partial charge in [0.25, 0.3) is 0 Å². The normalized spacial score (nSPS) is 18.7. The van der Waals surface area contributed by atoms with Crippen molar-refractivity contribution in [3.05, 3.63) is 82.9 Å². The zero-order chi connectivity index (χ0) is 20.7. The number of aromatic nitrogens is 2. The van der Waals surface area contributed by atoms with Crippen LogP contribution in [0.25, 0.3) is 5.69 Å². The number of carboxylic acids is 1. The van der Waals surface area contributed by atoms with Crippen LogP contribution in [-0.2, 0) is 0 Å². The summed E-state index contributed by atoms with van der Waals surface area (Å²) in [5.74, 6) is -0.927. The summed E-state index contributed by atoms with van der Waals surface area (Å²) in [4.78, 5) is 17.8. The number of carboxylic acid groups (broad SMARTS) is 1. The van der Waals surface area contributed by atoms with Gasteiger partial charge in [-0.2, -0.15) is 0 Å². The molecule has 6 nitrogen and oxygen atoms in total. The van der Waals surface area contributed by atoms with Gasteiger partial charge in [-0.25, -0.2) is 4.79 Å². The van der Waals surface area contributed by atoms with Crippen LogP contribution in [0.1, 0.15) is 45.1 Å². The van der Waals surface area contributed by atoms with Crippen molar-refractivity contribution < 1.29 is 9.90 Å². The lowest BCUT2D eigenvalue weighted by atomic mass is 9.97. The Balaban J connectivity index is 1.78. The summed E-state index contributed by atoms with van der Waals surface area (Å²) in [6.07, 6.45) is 1.79. The molecule has 0 aliphatic carbocycles. The second-order valence-corrected chi connectivity index (χ2v) is 7.64. The Morgan fingerprint density at radius 2 is 1.90 bits per heavy atom. The number of benzene rings is 1. The lowest BCUT2D eigenvalue weighted by molar-refractivity contribution is 0.0697. The number of carbonyl (C=O) groups is 1. The Labute approximate surface area is 174 Å². The van der Waals surface area contributed by atoms with E-state index < -0.39 is 5.97 Å². The third-order valence-corrected chi connectivity index (χ3v) is 5.91. The molecule has 0 amide bonds. The van der Waals surface area contributed by atoms with Crippen LogP contribution in [0.3, 0.4) is 0 Å². The molecule has 1 saturated heterocycles. The number of nitrogens with one attached hydrogen (secondary N) is 1. The second kappa shape index (κ2) is 7.33. The monoisotopic (exact) mass is 406 g/mol. The topological polar surface area (TPSA) is 70.4 Å². The first-order valence-electron chi connectivity index (χ1n) is 9.35. The summed E-state index contributed by atoms with van der Waals surface area (Å²) in [6, 6.07) is 15.0. The summed E-state index contributed by atoms with van der Waals surface area (Å²) in [5, 5.41) is 13.3. The lowest BCUT2D eigenvalue weighted by Crippen LogP contribution is -2.25. The van der Waals surface area contributed by atoms with E-state index >= 15 is 0 Å². The molecular weight excluding hydrogens is 384 g/mol. The highest BCUT2D eigenvalue weighted by atomic mass is 32.1. The lowest BCUT2D eigenvalue weighted by Gasteiger charge is -2.24. The Morgan fingerprint density at radius 1 is 1.17 bits per heavy atom. The number of aromatic carboxylic acids is 1. The van der Waals surface area contributed by atoms with Crippen molar-refractivity contribution in [1.29, 1.82) is 0 Å². The summed E-state index contributed by atoms with van der Waals surface area (Å²) >= 11 is 5.54. The number of likely N-dealkylation sites (N-methyl/N-ethyl adjacent to an activating group) is 1. The molecule has 0 bridgehead atoms. The Hall–Kier alpha value is -3.19. The predicted octanol–water partition coefficient (Wildman–Crippen LogP) is 3.79. The highest BCUT2D eigenvalue weighted by Gasteiger charge is 2.39. The molecule has 1 fully saturated rings. The van der Waals surface area contributed by atoms with Gasteiger partial charge in [0.05, 0.1) is 23.3 Å².